The molecule has 0 saturated carbocycles. The first-order valence-electron chi connectivity index (χ1n) is 5.15. The molecule has 5 heteroatoms. The number of carbonyl (C=O) groups excluding carboxylic acids is 1. The maximum absolute atomic E-state index is 11.8. The highest BCUT2D eigenvalue weighted by Crippen LogP contribution is 2.17. The number of ether oxygens (including phenoxy) is 1. The van der Waals surface area contributed by atoms with Crippen LogP contribution < -0.4 is 10.1 Å². The first-order valence-corrected chi connectivity index (χ1v) is 5.15. The Morgan fingerprint density at radius 3 is 2.61 bits per heavy atom. The Labute approximate surface area is 111 Å². The predicted molar refractivity (Wildman–Crippen MR) is 72.4 cm³/mol. The second-order valence-electron chi connectivity index (χ2n) is 3.42. The molecular weight excluding hydrogens is 252 g/mol. The van der Waals surface area contributed by atoms with E-state index in [1.165, 1.54) is 0 Å². The topological polar surface area (TPSA) is 51.2 Å². The smallest absolute Gasteiger partial charge is 0.255 e. The molecule has 0 fully saturated rings. The quantitative estimate of drug-likeness (QED) is 0.927. The maximum Gasteiger partial charge on any atom is 0.255 e. The Hall–Kier alpha value is -2.07. The molecule has 0 unspecified atom stereocenters. The minimum atomic E-state index is -0.166. The van der Waals surface area contributed by atoms with Gasteiger partial charge < -0.3 is 10.1 Å². The summed E-state index contributed by atoms with van der Waals surface area (Å²) in [6.07, 6.45) is 3.17. The van der Waals surface area contributed by atoms with Crippen LogP contribution in [0.5, 0.6) is 5.75 Å². The largest absolute Gasteiger partial charge is 0.497 e. The number of hydrogen-bond donors (Lipinski definition) is 1. The molecule has 1 heterocycles. The normalized spacial score (nSPS) is 9.17. The molecule has 0 aliphatic carbocycles. The van der Waals surface area contributed by atoms with Gasteiger partial charge in [0.2, 0.25) is 0 Å². The highest BCUT2D eigenvalue weighted by molar-refractivity contribution is 6.04. The van der Waals surface area contributed by atoms with E-state index in [9.17, 15) is 4.79 Å². The second kappa shape index (κ2) is 6.61. The van der Waals surface area contributed by atoms with Crippen LogP contribution in [0.15, 0.2) is 48.8 Å². The number of pyridine rings is 1. The third-order valence-electron chi connectivity index (χ3n) is 2.27. The summed E-state index contributed by atoms with van der Waals surface area (Å²) in [5, 5.41) is 2.79. The summed E-state index contributed by atoms with van der Waals surface area (Å²) in [6.45, 7) is 0. The molecular formula is C13H13ClN2O2. The van der Waals surface area contributed by atoms with E-state index in [1.54, 1.807) is 37.7 Å². The molecule has 94 valence electrons. The van der Waals surface area contributed by atoms with Crippen LogP contribution in [0, 0.1) is 0 Å². The molecule has 0 radical (unpaired) electrons. The number of methoxy groups -OCH3 is 1. The minimum absolute atomic E-state index is 0. The van der Waals surface area contributed by atoms with Gasteiger partial charge in [0.05, 0.1) is 7.11 Å². The maximum atomic E-state index is 11.8. The molecule has 1 N–H and O–H groups in total. The molecule has 18 heavy (non-hydrogen) atoms. The van der Waals surface area contributed by atoms with Crippen LogP contribution in [0.3, 0.4) is 0 Å². The van der Waals surface area contributed by atoms with Crippen LogP contribution in [-0.2, 0) is 0 Å². The van der Waals surface area contributed by atoms with Gasteiger partial charge in [-0.05, 0) is 24.3 Å². The van der Waals surface area contributed by atoms with Gasteiger partial charge in [-0.15, -0.1) is 12.4 Å². The van der Waals surface area contributed by atoms with Gasteiger partial charge in [-0.3, -0.25) is 9.78 Å². The number of nitrogens with zero attached hydrogens (tertiary/aromatic N) is 1. The van der Waals surface area contributed by atoms with E-state index in [1.807, 2.05) is 18.2 Å². The van der Waals surface area contributed by atoms with Crippen molar-refractivity contribution in [2.45, 2.75) is 0 Å². The molecule has 2 rings (SSSR count). The lowest BCUT2D eigenvalue weighted by atomic mass is 10.2. The molecule has 1 aromatic heterocycles. The lowest BCUT2D eigenvalue weighted by molar-refractivity contribution is 0.102. The van der Waals surface area contributed by atoms with Gasteiger partial charge in [0.1, 0.15) is 5.75 Å². The van der Waals surface area contributed by atoms with Gasteiger partial charge in [-0.1, -0.05) is 6.07 Å². The number of hydrogen-bond acceptors (Lipinski definition) is 3. The number of amides is 1. The summed E-state index contributed by atoms with van der Waals surface area (Å²) >= 11 is 0. The van der Waals surface area contributed by atoms with E-state index in [4.69, 9.17) is 4.74 Å². The molecule has 1 aromatic carbocycles. The van der Waals surface area contributed by atoms with Crippen LogP contribution in [0.2, 0.25) is 0 Å². The Kier molecular flexibility index (Phi) is 5.14. The molecule has 0 aliphatic heterocycles. The van der Waals surface area contributed by atoms with E-state index >= 15 is 0 Å². The second-order valence-corrected chi connectivity index (χ2v) is 3.42. The van der Waals surface area contributed by atoms with Crippen LogP contribution in [0.4, 0.5) is 5.69 Å². The van der Waals surface area contributed by atoms with Crippen LogP contribution in [-0.4, -0.2) is 18.0 Å². The first-order chi connectivity index (χ1) is 8.29. The zero-order valence-electron chi connectivity index (χ0n) is 9.79. The molecule has 0 atom stereocenters. The summed E-state index contributed by atoms with van der Waals surface area (Å²) in [6, 6.07) is 10.5. The SMILES string of the molecule is COc1cccc(NC(=O)c2ccncc2)c1.Cl. The van der Waals surface area contributed by atoms with Gasteiger partial charge in [0, 0.05) is 29.7 Å². The highest BCUT2D eigenvalue weighted by Gasteiger charge is 2.05. The van der Waals surface area contributed by atoms with Gasteiger partial charge in [0.25, 0.3) is 5.91 Å². The number of carbonyl (C=O) groups is 1. The Bertz CT molecular complexity index is 517. The highest BCUT2D eigenvalue weighted by atomic mass is 35.5. The number of halogens is 1. The number of rotatable bonds is 3. The van der Waals surface area contributed by atoms with E-state index in [2.05, 4.69) is 10.3 Å². The lowest BCUT2D eigenvalue weighted by Gasteiger charge is -2.06. The number of benzene rings is 1. The van der Waals surface area contributed by atoms with Crippen molar-refractivity contribution >= 4 is 24.0 Å². The van der Waals surface area contributed by atoms with Crippen molar-refractivity contribution in [2.24, 2.45) is 0 Å². The van der Waals surface area contributed by atoms with Gasteiger partial charge >= 0.3 is 0 Å². The Morgan fingerprint density at radius 2 is 1.94 bits per heavy atom. The third kappa shape index (κ3) is 3.46. The monoisotopic (exact) mass is 264 g/mol. The summed E-state index contributed by atoms with van der Waals surface area (Å²) in [4.78, 5) is 15.7. The van der Waals surface area contributed by atoms with E-state index < -0.39 is 0 Å². The lowest BCUT2D eigenvalue weighted by Crippen LogP contribution is -2.11. The van der Waals surface area contributed by atoms with Crippen molar-refractivity contribution in [1.82, 2.24) is 4.98 Å². The molecule has 2 aromatic rings. The molecule has 1 amide bonds. The molecule has 0 saturated heterocycles. The summed E-state index contributed by atoms with van der Waals surface area (Å²) in [7, 11) is 1.59. The van der Waals surface area contributed by atoms with Crippen molar-refractivity contribution < 1.29 is 9.53 Å². The standard InChI is InChI=1S/C13H12N2O2.ClH/c1-17-12-4-2-3-11(9-12)15-13(16)10-5-7-14-8-6-10;/h2-9H,1H3,(H,15,16);1H. The Balaban J connectivity index is 0.00000162. The van der Waals surface area contributed by atoms with Crippen molar-refractivity contribution in [3.05, 3.63) is 54.4 Å². The number of nitrogens with one attached hydrogen (secondary N) is 1. The van der Waals surface area contributed by atoms with Crippen molar-refractivity contribution in [2.75, 3.05) is 12.4 Å². The molecule has 0 spiro atoms. The summed E-state index contributed by atoms with van der Waals surface area (Å²) in [5.74, 6) is 0.540. The van der Waals surface area contributed by atoms with Crippen LogP contribution >= 0.6 is 12.4 Å². The molecule has 4 nitrogen and oxygen atoms in total. The van der Waals surface area contributed by atoms with Gasteiger partial charge in [-0.2, -0.15) is 0 Å². The minimum Gasteiger partial charge on any atom is -0.497 e. The number of aromatic nitrogens is 1. The first kappa shape index (κ1) is 14.0. The van der Waals surface area contributed by atoms with Gasteiger partial charge in [-0.25, -0.2) is 0 Å². The van der Waals surface area contributed by atoms with Crippen molar-refractivity contribution in [3.63, 3.8) is 0 Å². The molecule has 0 bridgehead atoms. The van der Waals surface area contributed by atoms with Crippen LogP contribution in [0.1, 0.15) is 10.4 Å². The van der Waals surface area contributed by atoms with E-state index in [0.717, 1.165) is 0 Å². The van der Waals surface area contributed by atoms with E-state index in [0.29, 0.717) is 17.0 Å². The number of anilines is 1. The fourth-order valence-corrected chi connectivity index (χ4v) is 1.41. The average Bonchev–Trinajstić information content (AvgIpc) is 2.40. The fourth-order valence-electron chi connectivity index (χ4n) is 1.41. The van der Waals surface area contributed by atoms with Crippen molar-refractivity contribution in [1.29, 1.82) is 0 Å². The fraction of sp³-hybridized carbons (Fsp3) is 0.0769. The van der Waals surface area contributed by atoms with Gasteiger partial charge in [0.15, 0.2) is 0 Å². The summed E-state index contributed by atoms with van der Waals surface area (Å²) < 4.78 is 5.08. The average molecular weight is 265 g/mol. The van der Waals surface area contributed by atoms with Crippen molar-refractivity contribution in [3.8, 4) is 5.75 Å². The van der Waals surface area contributed by atoms with E-state index in [-0.39, 0.29) is 18.3 Å². The molecule has 0 aliphatic rings. The van der Waals surface area contributed by atoms with Crippen LogP contribution in [0.25, 0.3) is 0 Å². The zero-order valence-corrected chi connectivity index (χ0v) is 10.6. The Morgan fingerprint density at radius 1 is 1.22 bits per heavy atom. The third-order valence-corrected chi connectivity index (χ3v) is 2.27. The summed E-state index contributed by atoms with van der Waals surface area (Å²) in [5.41, 5.74) is 1.27. The predicted octanol–water partition coefficient (Wildman–Crippen LogP) is 2.76. The zero-order chi connectivity index (χ0) is 12.1.